The Labute approximate surface area is 118 Å². The van der Waals surface area contributed by atoms with Gasteiger partial charge in [0.25, 0.3) is 0 Å². The molecule has 0 amide bonds. The third kappa shape index (κ3) is 1.92. The van der Waals surface area contributed by atoms with Gasteiger partial charge in [-0.05, 0) is 55.2 Å². The van der Waals surface area contributed by atoms with Crippen LogP contribution in [0.25, 0.3) is 0 Å². The maximum absolute atomic E-state index is 6.48. The van der Waals surface area contributed by atoms with Gasteiger partial charge in [-0.1, -0.05) is 34.6 Å². The minimum absolute atomic E-state index is 0.0209. The van der Waals surface area contributed by atoms with Crippen LogP contribution in [-0.2, 0) is 9.31 Å². The topological polar surface area (TPSA) is 18.5 Å². The van der Waals surface area contributed by atoms with E-state index in [4.69, 9.17) is 9.31 Å². The van der Waals surface area contributed by atoms with E-state index in [0.29, 0.717) is 29.2 Å². The molecule has 0 aromatic heterocycles. The molecule has 19 heavy (non-hydrogen) atoms. The normalized spacial score (nSPS) is 45.0. The van der Waals surface area contributed by atoms with Crippen LogP contribution in [0, 0.1) is 23.2 Å². The lowest BCUT2D eigenvalue weighted by Gasteiger charge is -2.64. The average Bonchev–Trinajstić information content (AvgIpc) is 2.64. The predicted octanol–water partition coefficient (Wildman–Crippen LogP) is 4.15. The van der Waals surface area contributed by atoms with Gasteiger partial charge in [-0.3, -0.25) is 0 Å². The zero-order chi connectivity index (χ0) is 14.0. The maximum atomic E-state index is 6.48. The summed E-state index contributed by atoms with van der Waals surface area (Å²) in [5.74, 6) is 2.74. The first-order chi connectivity index (χ1) is 8.75. The minimum Gasteiger partial charge on any atom is -0.405 e. The molecule has 0 spiro atoms. The minimum atomic E-state index is -0.0336. The van der Waals surface area contributed by atoms with Crippen molar-refractivity contribution in [3.63, 3.8) is 0 Å². The largest absolute Gasteiger partial charge is 0.460 e. The van der Waals surface area contributed by atoms with E-state index in [9.17, 15) is 0 Å². The molecule has 3 heteroatoms. The second-order valence-corrected chi connectivity index (χ2v) is 8.44. The smallest absolute Gasteiger partial charge is 0.405 e. The Hall–Kier alpha value is -0.0151. The van der Waals surface area contributed by atoms with Crippen LogP contribution in [0.15, 0.2) is 0 Å². The van der Waals surface area contributed by atoms with E-state index in [-0.39, 0.29) is 12.7 Å². The summed E-state index contributed by atoms with van der Waals surface area (Å²) < 4.78 is 12.8. The van der Waals surface area contributed by atoms with E-state index in [1.165, 1.54) is 19.3 Å². The van der Waals surface area contributed by atoms with Gasteiger partial charge < -0.3 is 9.31 Å². The molecule has 2 bridgehead atoms. The Morgan fingerprint density at radius 2 is 1.84 bits per heavy atom. The maximum Gasteiger partial charge on any atom is 0.460 e. The standard InChI is InChI=1S/C16H29BO2/c1-10(2)7-11(3)17-18-14-9-12-8-13(15(12,4)5)16(14,6)19-17/h10-14H,7-9H2,1-6H3. The zero-order valence-corrected chi connectivity index (χ0v) is 13.4. The van der Waals surface area contributed by atoms with Crippen molar-refractivity contribution in [3.05, 3.63) is 0 Å². The molecule has 5 atom stereocenters. The summed E-state index contributed by atoms with van der Waals surface area (Å²) >= 11 is 0. The molecule has 0 N–H and O–H groups in total. The molecule has 0 radical (unpaired) electrons. The van der Waals surface area contributed by atoms with Crippen molar-refractivity contribution in [1.82, 2.24) is 0 Å². The van der Waals surface area contributed by atoms with E-state index in [1.807, 2.05) is 0 Å². The van der Waals surface area contributed by atoms with Gasteiger partial charge in [0.1, 0.15) is 0 Å². The molecule has 1 heterocycles. The van der Waals surface area contributed by atoms with E-state index in [2.05, 4.69) is 41.5 Å². The van der Waals surface area contributed by atoms with Gasteiger partial charge in [0.2, 0.25) is 0 Å². The summed E-state index contributed by atoms with van der Waals surface area (Å²) in [6.07, 6.45) is 4.06. The molecule has 4 aliphatic rings. The molecule has 1 saturated heterocycles. The SMILES string of the molecule is CC(C)CC(C)B1OC2CC3CC(C3(C)C)C2(C)O1. The van der Waals surface area contributed by atoms with Gasteiger partial charge >= 0.3 is 7.12 Å². The lowest BCUT2D eigenvalue weighted by molar-refractivity contribution is -0.199. The molecule has 4 fully saturated rings. The molecular formula is C16H29BO2. The van der Waals surface area contributed by atoms with E-state index < -0.39 is 0 Å². The fraction of sp³-hybridized carbons (Fsp3) is 1.00. The van der Waals surface area contributed by atoms with Crippen molar-refractivity contribution in [2.24, 2.45) is 23.2 Å². The van der Waals surface area contributed by atoms with Gasteiger partial charge in [-0.15, -0.1) is 0 Å². The number of hydrogen-bond donors (Lipinski definition) is 0. The van der Waals surface area contributed by atoms with Gasteiger partial charge in [0, 0.05) is 0 Å². The first kappa shape index (κ1) is 13.9. The Balaban J connectivity index is 1.74. The summed E-state index contributed by atoms with van der Waals surface area (Å²) in [6, 6.07) is 0. The summed E-state index contributed by atoms with van der Waals surface area (Å²) in [5, 5.41) is 0. The molecule has 4 rings (SSSR count). The second-order valence-electron chi connectivity index (χ2n) is 8.44. The van der Waals surface area contributed by atoms with Crippen LogP contribution >= 0.6 is 0 Å². The Morgan fingerprint density at radius 1 is 1.16 bits per heavy atom. The molecule has 3 saturated carbocycles. The van der Waals surface area contributed by atoms with Crippen molar-refractivity contribution in [1.29, 1.82) is 0 Å². The average molecular weight is 264 g/mol. The van der Waals surface area contributed by atoms with Crippen LogP contribution in [0.4, 0.5) is 0 Å². The summed E-state index contributed by atoms with van der Waals surface area (Å²) in [7, 11) is 0.0209. The fourth-order valence-electron chi connectivity index (χ4n) is 5.00. The molecule has 0 aromatic carbocycles. The van der Waals surface area contributed by atoms with Crippen LogP contribution in [0.5, 0.6) is 0 Å². The van der Waals surface area contributed by atoms with Crippen molar-refractivity contribution in [2.45, 2.75) is 78.3 Å². The fourth-order valence-corrected chi connectivity index (χ4v) is 5.00. The highest BCUT2D eigenvalue weighted by Crippen LogP contribution is 2.66. The highest BCUT2D eigenvalue weighted by molar-refractivity contribution is 6.47. The second kappa shape index (κ2) is 4.24. The molecule has 3 aliphatic carbocycles. The lowest BCUT2D eigenvalue weighted by Crippen LogP contribution is -2.65. The molecule has 5 unspecified atom stereocenters. The van der Waals surface area contributed by atoms with Crippen LogP contribution < -0.4 is 0 Å². The molecule has 108 valence electrons. The first-order valence-corrected chi connectivity index (χ1v) is 8.08. The summed E-state index contributed by atoms with van der Waals surface area (Å²) in [5.41, 5.74) is 0.416. The molecular weight excluding hydrogens is 235 g/mol. The Morgan fingerprint density at radius 3 is 2.42 bits per heavy atom. The van der Waals surface area contributed by atoms with Gasteiger partial charge in [-0.2, -0.15) is 0 Å². The van der Waals surface area contributed by atoms with E-state index in [0.717, 1.165) is 5.92 Å². The van der Waals surface area contributed by atoms with E-state index >= 15 is 0 Å². The van der Waals surface area contributed by atoms with E-state index in [1.54, 1.807) is 0 Å². The highest BCUT2D eigenvalue weighted by atomic mass is 16.7. The van der Waals surface area contributed by atoms with Gasteiger partial charge in [0.15, 0.2) is 0 Å². The predicted molar refractivity (Wildman–Crippen MR) is 79.0 cm³/mol. The van der Waals surface area contributed by atoms with Crippen molar-refractivity contribution >= 4 is 7.12 Å². The van der Waals surface area contributed by atoms with Crippen molar-refractivity contribution < 1.29 is 9.31 Å². The number of rotatable bonds is 3. The number of hydrogen-bond acceptors (Lipinski definition) is 2. The Kier molecular flexibility index (Phi) is 3.11. The molecule has 0 aromatic rings. The van der Waals surface area contributed by atoms with Crippen molar-refractivity contribution in [3.8, 4) is 0 Å². The zero-order valence-electron chi connectivity index (χ0n) is 13.4. The van der Waals surface area contributed by atoms with Crippen LogP contribution in [-0.4, -0.2) is 18.8 Å². The monoisotopic (exact) mass is 264 g/mol. The van der Waals surface area contributed by atoms with Crippen molar-refractivity contribution in [2.75, 3.05) is 0 Å². The van der Waals surface area contributed by atoms with Gasteiger partial charge in [-0.25, -0.2) is 0 Å². The quantitative estimate of drug-likeness (QED) is 0.713. The van der Waals surface area contributed by atoms with Crippen LogP contribution in [0.1, 0.15) is 60.8 Å². The molecule has 1 aliphatic heterocycles. The highest BCUT2D eigenvalue weighted by Gasteiger charge is 2.68. The Bertz CT molecular complexity index is 368. The third-order valence-electron chi connectivity index (χ3n) is 6.28. The summed E-state index contributed by atoms with van der Waals surface area (Å²) in [4.78, 5) is 0. The van der Waals surface area contributed by atoms with Crippen LogP contribution in [0.2, 0.25) is 5.82 Å². The molecule has 2 nitrogen and oxygen atoms in total. The summed E-state index contributed by atoms with van der Waals surface area (Å²) in [6.45, 7) is 14.0. The van der Waals surface area contributed by atoms with Crippen LogP contribution in [0.3, 0.4) is 0 Å². The first-order valence-electron chi connectivity index (χ1n) is 8.08. The van der Waals surface area contributed by atoms with Gasteiger partial charge in [0.05, 0.1) is 11.7 Å². The lowest BCUT2D eigenvalue weighted by atomic mass is 9.43. The third-order valence-corrected chi connectivity index (χ3v) is 6.28.